The Bertz CT molecular complexity index is 4530. The van der Waals surface area contributed by atoms with Crippen LogP contribution in [0.15, 0.2) is 196 Å². The van der Waals surface area contributed by atoms with Crippen molar-refractivity contribution in [3.8, 4) is 11.4 Å². The van der Waals surface area contributed by atoms with Gasteiger partial charge >= 0.3 is 22.8 Å². The Morgan fingerprint density at radius 1 is 0.391 bits per heavy atom. The van der Waals surface area contributed by atoms with E-state index < -0.39 is 34.1 Å². The highest BCUT2D eigenvalue weighted by molar-refractivity contribution is 5.55. The van der Waals surface area contributed by atoms with Crippen LogP contribution in [0.2, 0.25) is 0 Å². The molecular formula is C70H70F2N12O8. The molecule has 8 heterocycles. The molecule has 0 aliphatic carbocycles. The van der Waals surface area contributed by atoms with Crippen LogP contribution in [0.5, 0.6) is 0 Å². The van der Waals surface area contributed by atoms with Gasteiger partial charge in [0.2, 0.25) is 0 Å². The minimum Gasteiger partial charge on any atom is -0.368 e. The monoisotopic (exact) mass is 1240 g/mol. The van der Waals surface area contributed by atoms with Crippen LogP contribution in [0.25, 0.3) is 11.4 Å². The second-order valence-corrected chi connectivity index (χ2v) is 24.0. The lowest BCUT2D eigenvalue weighted by Crippen LogP contribution is -2.37. The fourth-order valence-corrected chi connectivity index (χ4v) is 12.3. The van der Waals surface area contributed by atoms with Gasteiger partial charge in [0.05, 0.1) is 45.7 Å². The van der Waals surface area contributed by atoms with Gasteiger partial charge in [-0.3, -0.25) is 48.2 Å². The minimum atomic E-state index is -0.588. The van der Waals surface area contributed by atoms with Crippen LogP contribution in [0.1, 0.15) is 107 Å². The SMILES string of the molecule is CC(C)n1c(=O)[nH]c2c(c1=O)C[C@@H](Cc1ccccc1)N2.CC(C)n1c(=O)[nH]c2c(c1=O)C[C@H](Cc1ccccc1)N2.Cc1cc(F)cc(-n2c(=O)[nH]c3c(c2=O)C[C@@H](c2ccccc2)N3)c1.Cc1cc(F)cc(-n2c(=O)[nH]c3c(c2=O)C[C@H](c2ccccc2)N3)c1. The zero-order chi connectivity index (χ0) is 65.1. The van der Waals surface area contributed by atoms with Crippen LogP contribution in [-0.2, 0) is 38.5 Å². The first kappa shape index (κ1) is 62.7. The van der Waals surface area contributed by atoms with Crippen molar-refractivity contribution in [3.05, 3.63) is 308 Å². The number of aromatic nitrogens is 8. The van der Waals surface area contributed by atoms with E-state index in [1.54, 1.807) is 26.0 Å². The van der Waals surface area contributed by atoms with Gasteiger partial charge in [0.25, 0.3) is 22.2 Å². The van der Waals surface area contributed by atoms with Crippen molar-refractivity contribution in [1.29, 1.82) is 0 Å². The van der Waals surface area contributed by atoms with Gasteiger partial charge in [0.15, 0.2) is 0 Å². The van der Waals surface area contributed by atoms with Crippen LogP contribution in [0, 0.1) is 25.5 Å². The number of rotatable bonds is 10. The van der Waals surface area contributed by atoms with Crippen LogP contribution in [0.3, 0.4) is 0 Å². The van der Waals surface area contributed by atoms with Gasteiger partial charge in [-0.2, -0.15) is 0 Å². The Kier molecular flexibility index (Phi) is 18.2. The quantitative estimate of drug-likeness (QED) is 0.0639. The molecule has 4 atom stereocenters. The molecule has 14 rings (SSSR count). The van der Waals surface area contributed by atoms with Crippen molar-refractivity contribution in [2.75, 3.05) is 21.3 Å². The fraction of sp³-hybridized carbons (Fsp3) is 0.257. The number of anilines is 4. The maximum Gasteiger partial charge on any atom is 0.334 e. The third-order valence-electron chi connectivity index (χ3n) is 16.6. The van der Waals surface area contributed by atoms with Crippen molar-refractivity contribution in [2.45, 2.75) is 116 Å². The Hall–Kier alpha value is -10.9. The molecule has 0 unspecified atom stereocenters. The number of benzene rings is 6. The molecule has 0 radical (unpaired) electrons. The molecule has 0 saturated heterocycles. The van der Waals surface area contributed by atoms with Gasteiger partial charge in [0.1, 0.15) is 34.9 Å². The zero-order valence-corrected chi connectivity index (χ0v) is 51.5. The standard InChI is InChI=1S/2C19H16FN3O2.2C16H19N3O2/c2*1-11-7-13(20)9-14(8-11)23-18(24)15-10-16(12-5-3-2-4-6-12)21-17(15)22-19(23)25;2*1-10(2)19-15(20)13-9-12(17-14(13)18-16(19)21)8-11-6-4-3-5-7-11/h2*2-9,16,21H,10H2,1H3,(H,22,25);2*3-7,10,12,17H,8-9H2,1-2H3,(H,18,21)/t2*16-;2*12-/m1010/s1. The zero-order valence-electron chi connectivity index (χ0n) is 51.5. The molecule has 0 bridgehead atoms. The molecule has 20 nitrogen and oxygen atoms in total. The molecule has 10 aromatic rings. The topological polar surface area (TPSA) is 268 Å². The summed E-state index contributed by atoms with van der Waals surface area (Å²) >= 11 is 0. The third-order valence-corrected chi connectivity index (χ3v) is 16.6. The van der Waals surface area contributed by atoms with Crippen molar-refractivity contribution in [2.24, 2.45) is 0 Å². The molecule has 4 aliphatic rings. The Labute approximate surface area is 525 Å². The number of aromatic amines is 4. The van der Waals surface area contributed by atoms with Crippen molar-refractivity contribution >= 4 is 23.3 Å². The molecule has 0 fully saturated rings. The van der Waals surface area contributed by atoms with E-state index in [9.17, 15) is 47.1 Å². The minimum absolute atomic E-state index is 0.0790. The number of hydrogen-bond acceptors (Lipinski definition) is 12. The van der Waals surface area contributed by atoms with Crippen molar-refractivity contribution in [3.63, 3.8) is 0 Å². The summed E-state index contributed by atoms with van der Waals surface area (Å²) in [7, 11) is 0. The fourth-order valence-electron chi connectivity index (χ4n) is 12.3. The molecular weight excluding hydrogens is 1170 g/mol. The van der Waals surface area contributed by atoms with E-state index in [1.165, 1.54) is 44.5 Å². The predicted molar refractivity (Wildman–Crippen MR) is 354 cm³/mol. The van der Waals surface area contributed by atoms with Gasteiger partial charge in [-0.15, -0.1) is 0 Å². The molecule has 4 aromatic heterocycles. The number of fused-ring (bicyclic) bond motifs is 4. The number of nitrogens with one attached hydrogen (secondary N) is 8. The van der Waals surface area contributed by atoms with Gasteiger partial charge in [-0.05, 0) is 124 Å². The average molecular weight is 1250 g/mol. The highest BCUT2D eigenvalue weighted by Gasteiger charge is 2.31. The largest absolute Gasteiger partial charge is 0.368 e. The number of aryl methyl sites for hydroxylation is 2. The summed E-state index contributed by atoms with van der Waals surface area (Å²) in [6, 6.07) is 47.9. The normalized spacial score (nSPS) is 16.2. The second kappa shape index (κ2) is 26.7. The molecule has 4 aliphatic heterocycles. The number of hydrogen-bond donors (Lipinski definition) is 8. The van der Waals surface area contributed by atoms with E-state index in [-0.39, 0.29) is 70.1 Å². The summed E-state index contributed by atoms with van der Waals surface area (Å²) in [5.41, 5.74) is 5.55. The molecule has 0 spiro atoms. The molecule has 92 heavy (non-hydrogen) atoms. The first-order valence-electron chi connectivity index (χ1n) is 30.5. The smallest absolute Gasteiger partial charge is 0.334 e. The maximum atomic E-state index is 13.7. The van der Waals surface area contributed by atoms with E-state index in [2.05, 4.69) is 65.5 Å². The first-order valence-corrected chi connectivity index (χ1v) is 30.5. The predicted octanol–water partition coefficient (Wildman–Crippen LogP) is 8.76. The van der Waals surface area contributed by atoms with Crippen molar-refractivity contribution < 1.29 is 8.78 Å². The van der Waals surface area contributed by atoms with Crippen LogP contribution >= 0.6 is 0 Å². The summed E-state index contributed by atoms with van der Waals surface area (Å²) < 4.78 is 31.9. The van der Waals surface area contributed by atoms with E-state index in [0.29, 0.717) is 82.3 Å². The lowest BCUT2D eigenvalue weighted by molar-refractivity contribution is 0.543. The second-order valence-electron chi connectivity index (χ2n) is 24.0. The Balaban J connectivity index is 0.000000126. The summed E-state index contributed by atoms with van der Waals surface area (Å²) in [4.78, 5) is 110. The highest BCUT2D eigenvalue weighted by atomic mass is 19.1. The van der Waals surface area contributed by atoms with Gasteiger partial charge in [-0.25, -0.2) is 37.1 Å². The number of nitrogens with zero attached hydrogens (tertiary/aromatic N) is 4. The van der Waals surface area contributed by atoms with Crippen molar-refractivity contribution in [1.82, 2.24) is 38.2 Å². The summed E-state index contributed by atoms with van der Waals surface area (Å²) in [5, 5.41) is 12.9. The van der Waals surface area contributed by atoms with E-state index in [4.69, 9.17) is 0 Å². The molecule has 472 valence electrons. The van der Waals surface area contributed by atoms with Crippen LogP contribution in [0.4, 0.5) is 32.1 Å². The van der Waals surface area contributed by atoms with Gasteiger partial charge < -0.3 is 21.3 Å². The van der Waals surface area contributed by atoms with E-state index in [0.717, 1.165) is 33.1 Å². The molecule has 22 heteroatoms. The third kappa shape index (κ3) is 13.5. The van der Waals surface area contributed by atoms with Gasteiger partial charge in [0, 0.05) is 49.9 Å². The summed E-state index contributed by atoms with van der Waals surface area (Å²) in [6.07, 6.45) is 3.88. The number of halogens is 2. The molecule has 6 aromatic carbocycles. The lowest BCUT2D eigenvalue weighted by Gasteiger charge is -2.10. The molecule has 0 amide bonds. The average Bonchev–Trinajstić information content (AvgIpc) is 1.76. The highest BCUT2D eigenvalue weighted by Crippen LogP contribution is 2.32. The van der Waals surface area contributed by atoms with E-state index >= 15 is 0 Å². The Morgan fingerprint density at radius 3 is 1.04 bits per heavy atom. The molecule has 8 N–H and O–H groups in total. The summed E-state index contributed by atoms with van der Waals surface area (Å²) in [5.74, 6) is 1.08. The van der Waals surface area contributed by atoms with Gasteiger partial charge in [-0.1, -0.05) is 121 Å². The number of H-pyrrole nitrogens is 4. The lowest BCUT2D eigenvalue weighted by atomic mass is 10.0. The summed E-state index contributed by atoms with van der Waals surface area (Å²) in [6.45, 7) is 10.8. The Morgan fingerprint density at radius 2 is 0.707 bits per heavy atom. The molecule has 0 saturated carbocycles. The van der Waals surface area contributed by atoms with E-state index in [1.807, 2.05) is 125 Å². The maximum absolute atomic E-state index is 13.7. The van der Waals surface area contributed by atoms with Crippen LogP contribution < -0.4 is 66.3 Å². The first-order chi connectivity index (χ1) is 44.2. The van der Waals surface area contributed by atoms with Crippen LogP contribution in [-0.4, -0.2) is 50.3 Å².